The molecule has 0 aliphatic heterocycles. The van der Waals surface area contributed by atoms with Gasteiger partial charge in [0.15, 0.2) is 0 Å². The van der Waals surface area contributed by atoms with Crippen LogP contribution in [0, 0.1) is 5.92 Å². The highest BCUT2D eigenvalue weighted by atomic mass is 79.9. The Balaban J connectivity index is 1.73. The Hall–Kier alpha value is -0.790. The fourth-order valence-electron chi connectivity index (χ4n) is 2.52. The second-order valence-corrected chi connectivity index (χ2v) is 6.26. The minimum atomic E-state index is 0.128. The van der Waals surface area contributed by atoms with Crippen molar-refractivity contribution in [2.75, 3.05) is 0 Å². The predicted molar refractivity (Wildman–Crippen MR) is 80.0 cm³/mol. The van der Waals surface area contributed by atoms with E-state index in [2.05, 4.69) is 70.5 Å². The molecule has 0 nitrogen and oxygen atoms in total. The smallest absolute Gasteiger partial charge is 0.0619 e. The van der Waals surface area contributed by atoms with Gasteiger partial charge in [0.1, 0.15) is 0 Å². The maximum absolute atomic E-state index is 6.59. The molecule has 1 aliphatic rings. The van der Waals surface area contributed by atoms with E-state index in [1.165, 1.54) is 17.5 Å². The highest BCUT2D eigenvalue weighted by Crippen LogP contribution is 2.56. The Kier molecular flexibility index (Phi) is 3.45. The Morgan fingerprint density at radius 1 is 1.00 bits per heavy atom. The molecule has 1 saturated carbocycles. The first-order valence-electron chi connectivity index (χ1n) is 6.20. The van der Waals surface area contributed by atoms with E-state index < -0.39 is 0 Å². The first-order valence-corrected chi connectivity index (χ1v) is 7.43. The van der Waals surface area contributed by atoms with Crippen molar-refractivity contribution < 1.29 is 0 Å². The molecule has 2 aromatic rings. The van der Waals surface area contributed by atoms with E-state index in [0.29, 0.717) is 11.8 Å². The zero-order valence-electron chi connectivity index (χ0n) is 9.89. The Bertz CT molecular complexity index is 521. The van der Waals surface area contributed by atoms with Crippen molar-refractivity contribution in [3.63, 3.8) is 0 Å². The Morgan fingerprint density at radius 2 is 1.67 bits per heavy atom. The monoisotopic (exact) mass is 320 g/mol. The third-order valence-electron chi connectivity index (χ3n) is 3.63. The average molecular weight is 322 g/mol. The van der Waals surface area contributed by atoms with Gasteiger partial charge in [-0.15, -0.1) is 11.6 Å². The van der Waals surface area contributed by atoms with Gasteiger partial charge >= 0.3 is 0 Å². The molecule has 0 aromatic heterocycles. The van der Waals surface area contributed by atoms with Crippen molar-refractivity contribution in [1.29, 1.82) is 0 Å². The van der Waals surface area contributed by atoms with Crippen LogP contribution in [0.3, 0.4) is 0 Å². The summed E-state index contributed by atoms with van der Waals surface area (Å²) in [6.07, 6.45) is 1.20. The van der Waals surface area contributed by atoms with Crippen LogP contribution in [0.15, 0.2) is 59.1 Å². The zero-order valence-corrected chi connectivity index (χ0v) is 12.2. The standard InChI is InChI=1S/C16H14BrCl/c17-13-8-6-12(7-9-13)16(18)15-10-14(15)11-4-2-1-3-5-11/h1-9,14-16H,10H2. The van der Waals surface area contributed by atoms with Crippen molar-refractivity contribution in [2.24, 2.45) is 5.92 Å². The third kappa shape index (κ3) is 2.48. The fourth-order valence-corrected chi connectivity index (χ4v) is 3.20. The van der Waals surface area contributed by atoms with Crippen LogP contribution in [0.25, 0.3) is 0 Å². The number of hydrogen-bond donors (Lipinski definition) is 0. The van der Waals surface area contributed by atoms with E-state index in [-0.39, 0.29) is 5.38 Å². The number of alkyl halides is 1. The van der Waals surface area contributed by atoms with E-state index in [1.807, 2.05) is 0 Å². The minimum absolute atomic E-state index is 0.128. The van der Waals surface area contributed by atoms with Gasteiger partial charge in [0.05, 0.1) is 5.38 Å². The summed E-state index contributed by atoms with van der Waals surface area (Å²) in [5.41, 5.74) is 2.65. The quantitative estimate of drug-likeness (QED) is 0.652. The van der Waals surface area contributed by atoms with Crippen LogP contribution in [0.1, 0.15) is 28.8 Å². The van der Waals surface area contributed by atoms with Gasteiger partial charge in [0, 0.05) is 4.47 Å². The van der Waals surface area contributed by atoms with Gasteiger partial charge in [-0.25, -0.2) is 0 Å². The normalized spacial score (nSPS) is 23.7. The molecule has 0 amide bonds. The van der Waals surface area contributed by atoms with Crippen LogP contribution in [-0.4, -0.2) is 0 Å². The summed E-state index contributed by atoms with van der Waals surface area (Å²) in [5, 5.41) is 0.128. The summed E-state index contributed by atoms with van der Waals surface area (Å²) >= 11 is 10.0. The molecule has 2 heteroatoms. The van der Waals surface area contributed by atoms with Crippen LogP contribution in [0.5, 0.6) is 0 Å². The summed E-state index contributed by atoms with van der Waals surface area (Å²) in [6, 6.07) is 19.0. The van der Waals surface area contributed by atoms with Gasteiger partial charge in [-0.2, -0.15) is 0 Å². The molecule has 1 aliphatic carbocycles. The predicted octanol–water partition coefficient (Wildman–Crippen LogP) is 5.53. The Labute approximate surface area is 121 Å². The molecule has 0 N–H and O–H groups in total. The van der Waals surface area contributed by atoms with E-state index in [0.717, 1.165) is 4.47 Å². The van der Waals surface area contributed by atoms with Crippen molar-refractivity contribution in [2.45, 2.75) is 17.7 Å². The highest BCUT2D eigenvalue weighted by molar-refractivity contribution is 9.10. The molecule has 92 valence electrons. The van der Waals surface area contributed by atoms with Crippen LogP contribution < -0.4 is 0 Å². The molecular formula is C16H14BrCl. The van der Waals surface area contributed by atoms with Gasteiger partial charge in [-0.05, 0) is 41.5 Å². The van der Waals surface area contributed by atoms with Gasteiger partial charge in [0.2, 0.25) is 0 Å². The largest absolute Gasteiger partial charge is 0.117 e. The lowest BCUT2D eigenvalue weighted by Crippen LogP contribution is -1.94. The Morgan fingerprint density at radius 3 is 2.33 bits per heavy atom. The van der Waals surface area contributed by atoms with E-state index in [9.17, 15) is 0 Å². The lowest BCUT2D eigenvalue weighted by atomic mass is 10.0. The number of hydrogen-bond acceptors (Lipinski definition) is 0. The van der Waals surface area contributed by atoms with Crippen molar-refractivity contribution in [1.82, 2.24) is 0 Å². The molecule has 0 saturated heterocycles. The third-order valence-corrected chi connectivity index (χ3v) is 4.74. The van der Waals surface area contributed by atoms with Crippen molar-refractivity contribution in [3.05, 3.63) is 70.2 Å². The minimum Gasteiger partial charge on any atom is -0.117 e. The number of benzene rings is 2. The first-order chi connectivity index (χ1) is 8.75. The molecule has 3 atom stereocenters. The fraction of sp³-hybridized carbons (Fsp3) is 0.250. The average Bonchev–Trinajstić information content (AvgIpc) is 3.20. The molecule has 1 fully saturated rings. The van der Waals surface area contributed by atoms with Crippen LogP contribution >= 0.6 is 27.5 Å². The van der Waals surface area contributed by atoms with Gasteiger partial charge in [-0.3, -0.25) is 0 Å². The molecule has 0 spiro atoms. The molecule has 18 heavy (non-hydrogen) atoms. The van der Waals surface area contributed by atoms with Crippen molar-refractivity contribution in [3.8, 4) is 0 Å². The zero-order chi connectivity index (χ0) is 12.5. The summed E-state index contributed by atoms with van der Waals surface area (Å²) in [6.45, 7) is 0. The lowest BCUT2D eigenvalue weighted by molar-refractivity contribution is 0.764. The van der Waals surface area contributed by atoms with Crippen molar-refractivity contribution >= 4 is 27.5 Å². The molecule has 3 rings (SSSR count). The summed E-state index contributed by atoms with van der Waals surface area (Å²) in [5.74, 6) is 1.22. The maximum atomic E-state index is 6.59. The van der Waals surface area contributed by atoms with Gasteiger partial charge in [0.25, 0.3) is 0 Å². The summed E-state index contributed by atoms with van der Waals surface area (Å²) in [4.78, 5) is 0. The maximum Gasteiger partial charge on any atom is 0.0619 e. The van der Waals surface area contributed by atoms with E-state index in [1.54, 1.807) is 0 Å². The molecule has 0 radical (unpaired) electrons. The number of rotatable bonds is 3. The molecule has 2 aromatic carbocycles. The van der Waals surface area contributed by atoms with Crippen LogP contribution in [-0.2, 0) is 0 Å². The van der Waals surface area contributed by atoms with Gasteiger partial charge < -0.3 is 0 Å². The summed E-state index contributed by atoms with van der Waals surface area (Å²) in [7, 11) is 0. The second-order valence-electron chi connectivity index (χ2n) is 4.87. The molecular weight excluding hydrogens is 308 g/mol. The van der Waals surface area contributed by atoms with Crippen LogP contribution in [0.4, 0.5) is 0 Å². The van der Waals surface area contributed by atoms with Crippen LogP contribution in [0.2, 0.25) is 0 Å². The summed E-state index contributed by atoms with van der Waals surface area (Å²) < 4.78 is 1.10. The second kappa shape index (κ2) is 5.07. The van der Waals surface area contributed by atoms with E-state index >= 15 is 0 Å². The topological polar surface area (TPSA) is 0 Å². The SMILES string of the molecule is ClC(c1ccc(Br)cc1)C1CC1c1ccccc1. The molecule has 3 unspecified atom stereocenters. The molecule has 0 bridgehead atoms. The van der Waals surface area contributed by atoms with E-state index in [4.69, 9.17) is 11.6 Å². The van der Waals surface area contributed by atoms with Gasteiger partial charge in [-0.1, -0.05) is 58.4 Å². The lowest BCUT2D eigenvalue weighted by Gasteiger charge is -2.09. The molecule has 0 heterocycles. The first kappa shape index (κ1) is 12.3. The highest BCUT2D eigenvalue weighted by Gasteiger charge is 2.43. The number of halogens is 2.